The average Bonchev–Trinajstić information content (AvgIpc) is 2.77. The fraction of sp³-hybridized carbons (Fsp3) is 0.333. The van der Waals surface area contributed by atoms with Crippen LogP contribution < -0.4 is 19.5 Å². The molecule has 1 amide bonds. The van der Waals surface area contributed by atoms with Crippen molar-refractivity contribution in [2.24, 2.45) is 0 Å². The van der Waals surface area contributed by atoms with Crippen molar-refractivity contribution in [1.29, 1.82) is 0 Å². The Labute approximate surface area is 175 Å². The zero-order valence-corrected chi connectivity index (χ0v) is 17.4. The number of allylic oxidation sites excluding steroid dienone is 2. The van der Waals surface area contributed by atoms with E-state index in [1.807, 2.05) is 42.5 Å². The van der Waals surface area contributed by atoms with Crippen LogP contribution in [0.5, 0.6) is 17.2 Å². The average molecular weight is 407 g/mol. The molecule has 2 aliphatic rings. The maximum atomic E-state index is 13.2. The number of hydrogen-bond donors (Lipinski definition) is 1. The van der Waals surface area contributed by atoms with Crippen LogP contribution >= 0.6 is 0 Å². The number of nitrogens with one attached hydrogen (secondary N) is 1. The lowest BCUT2D eigenvalue weighted by Crippen LogP contribution is -2.38. The standard InChI is InChI=1S/C24H25NO5/c1-28-17-6-4-5-14(9-17)16-10-19-24(20(26)11-16)18(13-23(27)25-19)15-7-8-21(29-2)22(12-15)30-3/h4-9,12,16,18H,10-11,13H2,1-3H3,(H,25,27)/t16-,18-/m1/s1. The molecule has 0 fully saturated rings. The number of Topliss-reactive ketones (excluding diaryl/α,β-unsaturated/α-hetero) is 1. The molecule has 6 nitrogen and oxygen atoms in total. The van der Waals surface area contributed by atoms with Gasteiger partial charge in [0.05, 0.1) is 21.3 Å². The SMILES string of the molecule is COc1cccc([C@H]2CC(=O)C3=C(C2)NC(=O)C[C@@H]3c2ccc(OC)c(OC)c2)c1. The number of ether oxygens (including phenoxy) is 3. The maximum Gasteiger partial charge on any atom is 0.225 e. The van der Waals surface area contributed by atoms with Crippen molar-refractivity contribution in [2.45, 2.75) is 31.1 Å². The Morgan fingerprint density at radius 2 is 1.63 bits per heavy atom. The van der Waals surface area contributed by atoms with E-state index in [0.717, 1.165) is 22.6 Å². The largest absolute Gasteiger partial charge is 0.497 e. The minimum absolute atomic E-state index is 0.0100. The fourth-order valence-corrected chi connectivity index (χ4v) is 4.45. The van der Waals surface area contributed by atoms with E-state index in [9.17, 15) is 9.59 Å². The Hall–Kier alpha value is -3.28. The van der Waals surface area contributed by atoms with E-state index >= 15 is 0 Å². The molecule has 1 aliphatic carbocycles. The fourth-order valence-electron chi connectivity index (χ4n) is 4.45. The minimum atomic E-state index is -0.285. The molecule has 0 spiro atoms. The van der Waals surface area contributed by atoms with Crippen molar-refractivity contribution < 1.29 is 23.8 Å². The van der Waals surface area contributed by atoms with Gasteiger partial charge in [-0.15, -0.1) is 0 Å². The highest BCUT2D eigenvalue weighted by molar-refractivity contribution is 6.02. The van der Waals surface area contributed by atoms with Gasteiger partial charge in [0, 0.05) is 30.0 Å². The highest BCUT2D eigenvalue weighted by atomic mass is 16.5. The van der Waals surface area contributed by atoms with E-state index in [4.69, 9.17) is 14.2 Å². The van der Waals surface area contributed by atoms with E-state index in [1.54, 1.807) is 21.3 Å². The van der Waals surface area contributed by atoms with Gasteiger partial charge in [-0.1, -0.05) is 18.2 Å². The van der Waals surface area contributed by atoms with Crippen molar-refractivity contribution >= 4 is 11.7 Å². The lowest BCUT2D eigenvalue weighted by molar-refractivity contribution is -0.122. The predicted octanol–water partition coefficient (Wildman–Crippen LogP) is 3.72. The summed E-state index contributed by atoms with van der Waals surface area (Å²) < 4.78 is 16.1. The summed E-state index contributed by atoms with van der Waals surface area (Å²) in [5.74, 6) is 1.68. The third-order valence-corrected chi connectivity index (χ3v) is 5.91. The van der Waals surface area contributed by atoms with Gasteiger partial charge in [0.1, 0.15) is 5.75 Å². The van der Waals surface area contributed by atoms with Crippen molar-refractivity contribution in [3.63, 3.8) is 0 Å². The van der Waals surface area contributed by atoms with Gasteiger partial charge in [-0.3, -0.25) is 9.59 Å². The summed E-state index contributed by atoms with van der Waals surface area (Å²) in [6.45, 7) is 0. The van der Waals surface area contributed by atoms with Crippen LogP contribution in [-0.4, -0.2) is 33.0 Å². The lowest BCUT2D eigenvalue weighted by atomic mass is 9.73. The topological polar surface area (TPSA) is 73.9 Å². The molecule has 1 aliphatic heterocycles. The van der Waals surface area contributed by atoms with Crippen LogP contribution in [0.1, 0.15) is 42.2 Å². The van der Waals surface area contributed by atoms with E-state index < -0.39 is 0 Å². The molecule has 0 bridgehead atoms. The van der Waals surface area contributed by atoms with Gasteiger partial charge in [-0.2, -0.15) is 0 Å². The first kappa shape index (κ1) is 20.0. The molecule has 0 unspecified atom stereocenters. The number of hydrogen-bond acceptors (Lipinski definition) is 5. The lowest BCUT2D eigenvalue weighted by Gasteiger charge is -2.34. The smallest absolute Gasteiger partial charge is 0.225 e. The molecular weight excluding hydrogens is 382 g/mol. The number of carbonyl (C=O) groups is 2. The molecule has 4 rings (SSSR count). The molecule has 0 saturated heterocycles. The van der Waals surface area contributed by atoms with Gasteiger partial charge in [0.15, 0.2) is 17.3 Å². The molecule has 0 saturated carbocycles. The van der Waals surface area contributed by atoms with Gasteiger partial charge in [0.2, 0.25) is 5.91 Å². The van der Waals surface area contributed by atoms with Crippen LogP contribution in [0, 0.1) is 0 Å². The molecule has 1 heterocycles. The summed E-state index contributed by atoms with van der Waals surface area (Å²) in [5, 5.41) is 2.96. The zero-order chi connectivity index (χ0) is 21.3. The van der Waals surface area contributed by atoms with Gasteiger partial charge < -0.3 is 19.5 Å². The zero-order valence-electron chi connectivity index (χ0n) is 17.4. The number of amides is 1. The number of carbonyl (C=O) groups excluding carboxylic acids is 2. The molecular formula is C24H25NO5. The molecule has 2 aromatic rings. The summed E-state index contributed by atoms with van der Waals surface area (Å²) in [5.41, 5.74) is 3.36. The van der Waals surface area contributed by atoms with Crippen LogP contribution in [0.3, 0.4) is 0 Å². The number of rotatable bonds is 5. The first-order valence-corrected chi connectivity index (χ1v) is 9.96. The van der Waals surface area contributed by atoms with Crippen molar-refractivity contribution in [1.82, 2.24) is 5.32 Å². The second-order valence-electron chi connectivity index (χ2n) is 7.62. The van der Waals surface area contributed by atoms with E-state index in [0.29, 0.717) is 29.9 Å². The highest BCUT2D eigenvalue weighted by Gasteiger charge is 2.38. The Kier molecular flexibility index (Phi) is 5.48. The number of ketones is 1. The van der Waals surface area contributed by atoms with Crippen molar-refractivity contribution in [2.75, 3.05) is 21.3 Å². The van der Waals surface area contributed by atoms with Crippen LogP contribution in [0.15, 0.2) is 53.7 Å². The van der Waals surface area contributed by atoms with Gasteiger partial charge >= 0.3 is 0 Å². The number of benzene rings is 2. The monoisotopic (exact) mass is 407 g/mol. The Morgan fingerprint density at radius 3 is 2.37 bits per heavy atom. The third-order valence-electron chi connectivity index (χ3n) is 5.91. The predicted molar refractivity (Wildman–Crippen MR) is 112 cm³/mol. The van der Waals surface area contributed by atoms with Crippen LogP contribution in [0.4, 0.5) is 0 Å². The summed E-state index contributed by atoms with van der Waals surface area (Å²) >= 11 is 0. The summed E-state index contributed by atoms with van der Waals surface area (Å²) in [7, 11) is 4.78. The second kappa shape index (κ2) is 8.22. The Bertz CT molecular complexity index is 1030. The molecule has 6 heteroatoms. The molecule has 2 aromatic carbocycles. The molecule has 30 heavy (non-hydrogen) atoms. The van der Waals surface area contributed by atoms with Gasteiger partial charge in [-0.25, -0.2) is 0 Å². The summed E-state index contributed by atoms with van der Waals surface area (Å²) in [4.78, 5) is 25.7. The first-order chi connectivity index (χ1) is 14.5. The maximum absolute atomic E-state index is 13.2. The van der Waals surface area contributed by atoms with Crippen LogP contribution in [0.25, 0.3) is 0 Å². The Morgan fingerprint density at radius 1 is 0.833 bits per heavy atom. The van der Waals surface area contributed by atoms with Crippen LogP contribution in [0.2, 0.25) is 0 Å². The Balaban J connectivity index is 1.70. The summed E-state index contributed by atoms with van der Waals surface area (Å²) in [6, 6.07) is 13.3. The number of methoxy groups -OCH3 is 3. The highest BCUT2D eigenvalue weighted by Crippen LogP contribution is 2.44. The van der Waals surface area contributed by atoms with Crippen molar-refractivity contribution in [3.8, 4) is 17.2 Å². The molecule has 2 atom stereocenters. The van der Waals surface area contributed by atoms with Crippen LogP contribution in [-0.2, 0) is 9.59 Å². The van der Waals surface area contributed by atoms with E-state index in [2.05, 4.69) is 5.32 Å². The summed E-state index contributed by atoms with van der Waals surface area (Å²) in [6.07, 6.45) is 1.26. The molecule has 0 radical (unpaired) electrons. The molecule has 0 aromatic heterocycles. The molecule has 1 N–H and O–H groups in total. The first-order valence-electron chi connectivity index (χ1n) is 9.96. The normalized spacial score (nSPS) is 21.0. The van der Waals surface area contributed by atoms with E-state index in [-0.39, 0.29) is 29.9 Å². The van der Waals surface area contributed by atoms with Gasteiger partial charge in [-0.05, 0) is 47.7 Å². The third kappa shape index (κ3) is 3.65. The van der Waals surface area contributed by atoms with E-state index in [1.165, 1.54) is 0 Å². The van der Waals surface area contributed by atoms with Crippen molar-refractivity contribution in [3.05, 3.63) is 64.9 Å². The van der Waals surface area contributed by atoms with Gasteiger partial charge in [0.25, 0.3) is 0 Å². The minimum Gasteiger partial charge on any atom is -0.497 e. The molecule has 156 valence electrons. The quantitative estimate of drug-likeness (QED) is 0.818. The second-order valence-corrected chi connectivity index (χ2v) is 7.62.